The molecule has 2 heteroatoms. The third-order valence-corrected chi connectivity index (χ3v) is 3.04. The fourth-order valence-corrected chi connectivity index (χ4v) is 0.543. The number of nitriles is 1. The summed E-state index contributed by atoms with van der Waals surface area (Å²) in [5.74, 6) is 0.0856. The summed E-state index contributed by atoms with van der Waals surface area (Å²) in [6, 6.07) is 2.21. The van der Waals surface area contributed by atoms with Crippen LogP contribution in [0.4, 0.5) is 0 Å². The number of rotatable bonds is 2. The van der Waals surface area contributed by atoms with E-state index in [0.717, 1.165) is 6.42 Å². The van der Waals surface area contributed by atoms with Crippen LogP contribution in [0.2, 0.25) is 0 Å². The molecule has 1 nitrogen and oxygen atoms in total. The molecule has 0 saturated carbocycles. The molecule has 0 spiro atoms. The minimum Gasteiger partial charge on any atom is -0.198 e. The highest BCUT2D eigenvalue weighted by atomic mass is 79.9. The first-order valence-corrected chi connectivity index (χ1v) is 3.92. The van der Waals surface area contributed by atoms with E-state index in [2.05, 4.69) is 28.9 Å². The Hall–Kier alpha value is -0.0300. The molecule has 0 aromatic carbocycles. The van der Waals surface area contributed by atoms with Gasteiger partial charge in [-0.15, -0.1) is 0 Å². The van der Waals surface area contributed by atoms with Crippen LogP contribution in [0.3, 0.4) is 0 Å². The molecule has 0 saturated heterocycles. The Bertz CT molecular complexity index is 123. The molecule has 0 aromatic heterocycles. The third-order valence-electron chi connectivity index (χ3n) is 1.79. The summed E-state index contributed by atoms with van der Waals surface area (Å²) in [5.41, 5.74) is 0. The molecule has 0 aliphatic rings. The molecule has 0 aromatic rings. The molecule has 0 rings (SSSR count). The van der Waals surface area contributed by atoms with Crippen LogP contribution in [0.1, 0.15) is 27.2 Å². The lowest BCUT2D eigenvalue weighted by Gasteiger charge is -2.22. The summed E-state index contributed by atoms with van der Waals surface area (Å²) in [5, 5.41) is 8.52. The summed E-state index contributed by atoms with van der Waals surface area (Å²) in [6.07, 6.45) is 0.988. The number of halogens is 1. The normalized spacial score (nSPS) is 19.9. The van der Waals surface area contributed by atoms with Crippen LogP contribution >= 0.6 is 15.9 Å². The van der Waals surface area contributed by atoms with Gasteiger partial charge in [0.1, 0.15) is 0 Å². The lowest BCUT2D eigenvalue weighted by atomic mass is 9.95. The molecule has 0 aliphatic heterocycles. The van der Waals surface area contributed by atoms with Crippen molar-refractivity contribution in [2.24, 2.45) is 5.92 Å². The standard InChI is InChI=1S/C7H12BrN/c1-4-7(3,8)6(2)5-9/h6H,4H2,1-3H3/t6-,7?/m0/s1. The molecule has 0 bridgehead atoms. The summed E-state index contributed by atoms with van der Waals surface area (Å²) < 4.78 is 0.00174. The molecule has 0 radical (unpaired) electrons. The molecule has 0 aliphatic carbocycles. The zero-order valence-corrected chi connectivity index (χ0v) is 7.70. The monoisotopic (exact) mass is 189 g/mol. The van der Waals surface area contributed by atoms with Crippen molar-refractivity contribution in [2.75, 3.05) is 0 Å². The lowest BCUT2D eigenvalue weighted by Crippen LogP contribution is -2.22. The zero-order chi connectivity index (χ0) is 7.49. The number of hydrogen-bond acceptors (Lipinski definition) is 1. The second kappa shape index (κ2) is 3.22. The first kappa shape index (κ1) is 8.97. The van der Waals surface area contributed by atoms with Crippen molar-refractivity contribution in [3.8, 4) is 6.07 Å². The smallest absolute Gasteiger partial charge is 0.0667 e. The first-order valence-electron chi connectivity index (χ1n) is 3.13. The largest absolute Gasteiger partial charge is 0.198 e. The van der Waals surface area contributed by atoms with Gasteiger partial charge in [0.15, 0.2) is 0 Å². The maximum Gasteiger partial charge on any atom is 0.0667 e. The van der Waals surface area contributed by atoms with Crippen LogP contribution in [0.15, 0.2) is 0 Å². The van der Waals surface area contributed by atoms with E-state index in [1.807, 2.05) is 13.8 Å². The molecule has 0 amide bonds. The molecule has 52 valence electrons. The Morgan fingerprint density at radius 3 is 2.33 bits per heavy atom. The third kappa shape index (κ3) is 2.36. The van der Waals surface area contributed by atoms with E-state index in [-0.39, 0.29) is 10.2 Å². The van der Waals surface area contributed by atoms with E-state index in [1.165, 1.54) is 0 Å². The van der Waals surface area contributed by atoms with Gasteiger partial charge in [0.2, 0.25) is 0 Å². The van der Waals surface area contributed by atoms with Crippen LogP contribution in [0.25, 0.3) is 0 Å². The zero-order valence-electron chi connectivity index (χ0n) is 6.11. The van der Waals surface area contributed by atoms with Crippen LogP contribution < -0.4 is 0 Å². The Morgan fingerprint density at radius 1 is 1.78 bits per heavy atom. The van der Waals surface area contributed by atoms with Crippen LogP contribution in [0.5, 0.6) is 0 Å². The van der Waals surface area contributed by atoms with Gasteiger partial charge in [-0.25, -0.2) is 0 Å². The van der Waals surface area contributed by atoms with E-state index in [0.29, 0.717) is 0 Å². The van der Waals surface area contributed by atoms with Gasteiger partial charge in [-0.2, -0.15) is 5.26 Å². The van der Waals surface area contributed by atoms with Crippen molar-refractivity contribution in [2.45, 2.75) is 31.5 Å². The minimum atomic E-state index is 0.00174. The van der Waals surface area contributed by atoms with E-state index >= 15 is 0 Å². The van der Waals surface area contributed by atoms with E-state index < -0.39 is 0 Å². The molecule has 0 heterocycles. The topological polar surface area (TPSA) is 23.8 Å². The lowest BCUT2D eigenvalue weighted by molar-refractivity contribution is 0.518. The van der Waals surface area contributed by atoms with E-state index in [1.54, 1.807) is 0 Å². The van der Waals surface area contributed by atoms with Gasteiger partial charge in [-0.3, -0.25) is 0 Å². The number of hydrogen-bond donors (Lipinski definition) is 0. The second-order valence-electron chi connectivity index (χ2n) is 2.48. The summed E-state index contributed by atoms with van der Waals surface area (Å²) >= 11 is 3.48. The van der Waals surface area contributed by atoms with Crippen molar-refractivity contribution >= 4 is 15.9 Å². The molecular formula is C7H12BrN. The SMILES string of the molecule is CCC(C)(Br)[C@@H](C)C#N. The predicted molar refractivity (Wildman–Crippen MR) is 42.4 cm³/mol. The Balaban J connectivity index is 4.01. The van der Waals surface area contributed by atoms with Gasteiger partial charge in [0.05, 0.1) is 12.0 Å². The molecule has 0 fully saturated rings. The molecule has 1 unspecified atom stereocenters. The van der Waals surface area contributed by atoms with Gasteiger partial charge in [-0.05, 0) is 20.3 Å². The van der Waals surface area contributed by atoms with Crippen molar-refractivity contribution in [1.82, 2.24) is 0 Å². The molecule has 9 heavy (non-hydrogen) atoms. The second-order valence-corrected chi connectivity index (χ2v) is 4.29. The van der Waals surface area contributed by atoms with Crippen molar-refractivity contribution in [3.63, 3.8) is 0 Å². The maximum atomic E-state index is 8.52. The van der Waals surface area contributed by atoms with Gasteiger partial charge in [0.25, 0.3) is 0 Å². The van der Waals surface area contributed by atoms with Crippen LogP contribution in [-0.4, -0.2) is 4.32 Å². The first-order chi connectivity index (χ1) is 4.04. The Labute approximate surface area is 65.2 Å². The summed E-state index contributed by atoms with van der Waals surface area (Å²) in [4.78, 5) is 0. The number of nitrogens with zero attached hydrogens (tertiary/aromatic N) is 1. The summed E-state index contributed by atoms with van der Waals surface area (Å²) in [7, 11) is 0. The Kier molecular flexibility index (Phi) is 3.21. The molecule has 2 atom stereocenters. The quantitative estimate of drug-likeness (QED) is 0.614. The minimum absolute atomic E-state index is 0.00174. The van der Waals surface area contributed by atoms with E-state index in [4.69, 9.17) is 5.26 Å². The fraction of sp³-hybridized carbons (Fsp3) is 0.857. The van der Waals surface area contributed by atoms with Gasteiger partial charge < -0.3 is 0 Å². The van der Waals surface area contributed by atoms with Crippen LogP contribution in [-0.2, 0) is 0 Å². The highest BCUT2D eigenvalue weighted by Crippen LogP contribution is 2.29. The van der Waals surface area contributed by atoms with E-state index in [9.17, 15) is 0 Å². The number of alkyl halides is 1. The maximum absolute atomic E-state index is 8.52. The summed E-state index contributed by atoms with van der Waals surface area (Å²) in [6.45, 7) is 6.04. The molecular weight excluding hydrogens is 178 g/mol. The highest BCUT2D eigenvalue weighted by Gasteiger charge is 2.25. The van der Waals surface area contributed by atoms with Crippen LogP contribution in [0, 0.1) is 17.2 Å². The van der Waals surface area contributed by atoms with Crippen molar-refractivity contribution < 1.29 is 0 Å². The van der Waals surface area contributed by atoms with Gasteiger partial charge in [-0.1, -0.05) is 22.9 Å². The Morgan fingerprint density at radius 2 is 2.22 bits per heavy atom. The average molecular weight is 190 g/mol. The fourth-order valence-electron chi connectivity index (χ4n) is 0.441. The van der Waals surface area contributed by atoms with Gasteiger partial charge in [0, 0.05) is 4.32 Å². The molecule has 0 N–H and O–H groups in total. The highest BCUT2D eigenvalue weighted by molar-refractivity contribution is 9.10. The predicted octanol–water partition coefficient (Wildman–Crippen LogP) is 2.71. The van der Waals surface area contributed by atoms with Crippen molar-refractivity contribution in [3.05, 3.63) is 0 Å². The average Bonchev–Trinajstić information content (AvgIpc) is 1.86. The van der Waals surface area contributed by atoms with Crippen molar-refractivity contribution in [1.29, 1.82) is 5.26 Å². The van der Waals surface area contributed by atoms with Gasteiger partial charge >= 0.3 is 0 Å².